The average molecular weight is 645 g/mol. The van der Waals surface area contributed by atoms with E-state index in [9.17, 15) is 9.60 Å². The Labute approximate surface area is 315 Å². The summed E-state index contributed by atoms with van der Waals surface area (Å²) in [7, 11) is 0. The van der Waals surface area contributed by atoms with Crippen molar-refractivity contribution in [1.29, 1.82) is 0 Å². The first kappa shape index (κ1) is 13.6. The van der Waals surface area contributed by atoms with E-state index < -0.39 is 172 Å². The Hall–Kier alpha value is -6.44. The number of furan rings is 1. The molecule has 1 aromatic heterocycles. The van der Waals surface area contributed by atoms with Crippen LogP contribution in [-0.2, 0) is 0 Å². The summed E-state index contributed by atoms with van der Waals surface area (Å²) >= 11 is 0. The highest BCUT2D eigenvalue weighted by Crippen LogP contribution is 2.47. The van der Waals surface area contributed by atoms with Gasteiger partial charge in [0.2, 0.25) is 0 Å². The van der Waals surface area contributed by atoms with Crippen LogP contribution in [0.3, 0.4) is 0 Å². The second-order valence-corrected chi connectivity index (χ2v) is 11.1. The molecule has 1 nitrogen and oxygen atoms in total. The van der Waals surface area contributed by atoms with E-state index in [1.807, 2.05) is 0 Å². The van der Waals surface area contributed by atoms with Crippen molar-refractivity contribution in [1.82, 2.24) is 0 Å². The van der Waals surface area contributed by atoms with E-state index >= 15 is 0 Å². The third kappa shape index (κ3) is 4.47. The zero-order valence-corrected chi connectivity index (χ0v) is 25.0. The van der Waals surface area contributed by atoms with Crippen LogP contribution >= 0.6 is 0 Å². The summed E-state index contributed by atoms with van der Waals surface area (Å²) in [6.07, 6.45) is 0. The minimum Gasteiger partial charge on any atom is -0.456 e. The number of benzene rings is 9. The highest BCUT2D eigenvalue weighted by Gasteiger charge is 2.20. The average Bonchev–Trinajstić information content (AvgIpc) is 3.76. The number of hydrogen-bond acceptors (Lipinski definition) is 1. The van der Waals surface area contributed by atoms with E-state index in [2.05, 4.69) is 0 Å². The third-order valence-electron chi connectivity index (χ3n) is 8.38. The highest BCUT2D eigenvalue weighted by molar-refractivity contribution is 6.25. The van der Waals surface area contributed by atoms with Crippen molar-refractivity contribution in [3.8, 4) is 44.5 Å². The van der Waals surface area contributed by atoms with Gasteiger partial charge in [0.05, 0.1) is 30.2 Å². The monoisotopic (exact) mass is 644 g/mol. The van der Waals surface area contributed by atoms with Crippen LogP contribution in [0.1, 0.15) is 30.2 Å². The second kappa shape index (κ2) is 11.1. The summed E-state index contributed by atoms with van der Waals surface area (Å²) in [5.41, 5.74) is -2.94. The maximum Gasteiger partial charge on any atom is 0.136 e. The van der Waals surface area contributed by atoms with Crippen LogP contribution < -0.4 is 0 Å². The largest absolute Gasteiger partial charge is 0.456 e. The molecule has 10 aromatic rings. The maximum absolute atomic E-state index is 9.78. The summed E-state index contributed by atoms with van der Waals surface area (Å²) in [5.74, 6) is 0. The van der Waals surface area contributed by atoms with Crippen molar-refractivity contribution in [3.63, 3.8) is 0 Å². The zero-order chi connectivity index (χ0) is 51.5. The van der Waals surface area contributed by atoms with Crippen molar-refractivity contribution < 1.29 is 34.6 Å². The Bertz CT molecular complexity index is 4050. The van der Waals surface area contributed by atoms with Crippen LogP contribution in [0.5, 0.6) is 0 Å². The van der Waals surface area contributed by atoms with Gasteiger partial charge in [-0.1, -0.05) is 151 Å². The fourth-order valence-corrected chi connectivity index (χ4v) is 6.30. The predicted octanol–water partition coefficient (Wildman–Crippen LogP) is 13.7. The molecule has 49 heavy (non-hydrogen) atoms. The van der Waals surface area contributed by atoms with Crippen LogP contribution in [0.4, 0.5) is 0 Å². The van der Waals surface area contributed by atoms with Crippen LogP contribution in [0, 0.1) is 0 Å². The van der Waals surface area contributed by atoms with Crippen molar-refractivity contribution in [2.45, 2.75) is 0 Å². The Balaban J connectivity index is 1.35. The van der Waals surface area contributed by atoms with E-state index in [1.54, 1.807) is 48.5 Å². The summed E-state index contributed by atoms with van der Waals surface area (Å²) in [6.45, 7) is 0. The number of rotatable bonds is 4. The lowest BCUT2D eigenvalue weighted by atomic mass is 9.84. The molecular weight excluding hydrogens is 593 g/mol. The van der Waals surface area contributed by atoms with Gasteiger partial charge in [-0.05, 0) is 107 Å². The Kier molecular flexibility index (Phi) is 3.07. The Morgan fingerprint density at radius 1 is 0.367 bits per heavy atom. The zero-order valence-electron chi connectivity index (χ0n) is 47.0. The molecule has 0 spiro atoms. The fourth-order valence-electron chi connectivity index (χ4n) is 6.30. The molecule has 0 aliphatic carbocycles. The molecule has 0 aliphatic rings. The van der Waals surface area contributed by atoms with E-state index in [-0.39, 0.29) is 60.2 Å². The first-order valence-electron chi connectivity index (χ1n) is 26.1. The molecule has 1 heteroatoms. The molecule has 9 aromatic carbocycles. The van der Waals surface area contributed by atoms with Gasteiger partial charge in [-0.3, -0.25) is 0 Å². The number of fused-ring (bicyclic) bond motifs is 6. The molecule has 228 valence electrons. The Morgan fingerprint density at radius 3 is 1.73 bits per heavy atom. The van der Waals surface area contributed by atoms with Crippen molar-refractivity contribution in [2.24, 2.45) is 0 Å². The molecule has 0 bridgehead atoms. The predicted molar refractivity (Wildman–Crippen MR) is 208 cm³/mol. The molecule has 0 saturated heterocycles. The smallest absolute Gasteiger partial charge is 0.136 e. The molecule has 0 N–H and O–H groups in total. The minimum absolute atomic E-state index is 0.0940. The molecule has 0 aliphatic heterocycles. The first-order valence-corrected chi connectivity index (χ1v) is 15.1. The standard InChI is InChI=1S/C48H30O/c1-2-12-31(13-3-1)36-26-27-42-45(30-36)49-44-23-11-22-43(48(42)44)47-40-20-8-6-18-38(40)46(39-19-7-9-21-41(39)47)37-17-10-16-34(29-37)35-25-24-32-14-4-5-15-33(32)28-35/h1-30H/i1D,2D,3D,4D,5D,10D,11D,12D,13D,14D,15D,16D,17D,22D,23D,24D,25D,26D,27D,28D,29D,30D. The van der Waals surface area contributed by atoms with Gasteiger partial charge in [0, 0.05) is 10.8 Å². The van der Waals surface area contributed by atoms with Crippen molar-refractivity contribution in [3.05, 3.63) is 181 Å². The van der Waals surface area contributed by atoms with Gasteiger partial charge < -0.3 is 4.42 Å². The van der Waals surface area contributed by atoms with Gasteiger partial charge >= 0.3 is 0 Å². The highest BCUT2D eigenvalue weighted by atomic mass is 16.3. The van der Waals surface area contributed by atoms with Gasteiger partial charge in [0.1, 0.15) is 11.2 Å². The number of hydrogen-bond donors (Lipinski definition) is 0. The molecule has 0 atom stereocenters. The molecule has 0 saturated carbocycles. The molecule has 0 amide bonds. The van der Waals surface area contributed by atoms with Crippen LogP contribution in [0.2, 0.25) is 0 Å². The lowest BCUT2D eigenvalue weighted by molar-refractivity contribution is 0.669. The summed E-state index contributed by atoms with van der Waals surface area (Å²) in [4.78, 5) is 0. The van der Waals surface area contributed by atoms with Gasteiger partial charge in [0.25, 0.3) is 0 Å². The topological polar surface area (TPSA) is 13.1 Å². The molecule has 0 radical (unpaired) electrons. The molecular formula is C48H30O. The van der Waals surface area contributed by atoms with E-state index in [4.69, 9.17) is 25.0 Å². The molecule has 10 rings (SSSR count). The summed E-state index contributed by atoms with van der Waals surface area (Å²) in [5, 5.41) is -0.159. The normalized spacial score (nSPS) is 18.0. The lowest BCUT2D eigenvalue weighted by Gasteiger charge is -2.18. The fraction of sp³-hybridized carbons (Fsp3) is 0. The van der Waals surface area contributed by atoms with E-state index in [0.29, 0.717) is 0 Å². The van der Waals surface area contributed by atoms with Crippen LogP contribution in [-0.4, -0.2) is 0 Å². The molecule has 1 heterocycles. The minimum atomic E-state index is -0.759. The quantitative estimate of drug-likeness (QED) is 0.174. The lowest BCUT2D eigenvalue weighted by Crippen LogP contribution is -1.91. The Morgan fingerprint density at radius 2 is 0.959 bits per heavy atom. The van der Waals surface area contributed by atoms with Gasteiger partial charge in [0.15, 0.2) is 0 Å². The van der Waals surface area contributed by atoms with Crippen molar-refractivity contribution >= 4 is 54.3 Å². The third-order valence-corrected chi connectivity index (χ3v) is 8.38. The summed E-state index contributed by atoms with van der Waals surface area (Å²) in [6, 6.07) is -2.22. The van der Waals surface area contributed by atoms with E-state index in [1.165, 1.54) is 0 Å². The first-order chi connectivity index (χ1) is 33.5. The molecule has 0 fully saturated rings. The van der Waals surface area contributed by atoms with Crippen LogP contribution in [0.15, 0.2) is 186 Å². The summed E-state index contributed by atoms with van der Waals surface area (Å²) < 4.78 is 201. The van der Waals surface area contributed by atoms with Gasteiger partial charge in [-0.2, -0.15) is 0 Å². The molecule has 0 unspecified atom stereocenters. The second-order valence-electron chi connectivity index (χ2n) is 11.1. The van der Waals surface area contributed by atoms with Crippen LogP contribution in [0.25, 0.3) is 98.8 Å². The van der Waals surface area contributed by atoms with Gasteiger partial charge in [-0.15, -0.1) is 0 Å². The van der Waals surface area contributed by atoms with Gasteiger partial charge in [-0.25, -0.2) is 0 Å². The SMILES string of the molecule is [2H]c1c([2H])c([2H])c(-c2c([2H])c([2H])c3c(oc4c([2H])c([2H])c([2H])c(-c5c6ccccc6c(-c6c([2H])c([2H])c([2H])c(-c7c([2H])c([2H])c8c([2H])c([2H])c([2H])c([2H])c8c7[2H])c6[2H])c6ccccc56)c43)c2[2H])c([2H])c1[2H]. The van der Waals surface area contributed by atoms with E-state index in [0.717, 1.165) is 0 Å². The van der Waals surface area contributed by atoms with Crippen molar-refractivity contribution in [2.75, 3.05) is 0 Å². The maximum atomic E-state index is 9.78.